The summed E-state index contributed by atoms with van der Waals surface area (Å²) in [7, 11) is 0. The monoisotopic (exact) mass is 513 g/mol. The van der Waals surface area contributed by atoms with Crippen LogP contribution in [0.25, 0.3) is 0 Å². The quantitative estimate of drug-likeness (QED) is 0.523. The molecular formula is C30H43NO6. The summed E-state index contributed by atoms with van der Waals surface area (Å²) in [5.74, 6) is 0.925. The Morgan fingerprint density at radius 3 is 2.62 bits per heavy atom. The SMILES string of the molecule is CC1O[C@@H](O[C@@H]2C=C3CC[C@@H]4[C@H](CC[C@]5(C)[C@@H](c6ccc(=O)oc6)CC[C@]45O)[C@@]3(C)CC2)C[C@H](O)[C@H]1N. The van der Waals surface area contributed by atoms with Gasteiger partial charge in [0.1, 0.15) is 0 Å². The summed E-state index contributed by atoms with van der Waals surface area (Å²) >= 11 is 0. The third-order valence-electron chi connectivity index (χ3n) is 11.5. The second kappa shape index (κ2) is 9.02. The smallest absolute Gasteiger partial charge is 0.335 e. The zero-order chi connectivity index (χ0) is 26.2. The molecule has 1 unspecified atom stereocenters. The Labute approximate surface area is 219 Å². The Morgan fingerprint density at radius 2 is 1.89 bits per heavy atom. The Morgan fingerprint density at radius 1 is 1.08 bits per heavy atom. The normalized spacial score (nSPS) is 49.5. The van der Waals surface area contributed by atoms with Gasteiger partial charge in [0.15, 0.2) is 6.29 Å². The van der Waals surface area contributed by atoms with Crippen LogP contribution in [0.4, 0.5) is 0 Å². The predicted octanol–water partition coefficient (Wildman–Crippen LogP) is 4.01. The van der Waals surface area contributed by atoms with Crippen molar-refractivity contribution in [3.05, 3.63) is 46.0 Å². The van der Waals surface area contributed by atoms with E-state index in [1.54, 1.807) is 6.26 Å². The lowest BCUT2D eigenvalue weighted by atomic mass is 9.45. The number of rotatable bonds is 3. The Bertz CT molecular complexity index is 1090. The summed E-state index contributed by atoms with van der Waals surface area (Å²) in [6.07, 6.45) is 10.8. The maximum absolute atomic E-state index is 12.4. The van der Waals surface area contributed by atoms with E-state index in [1.165, 1.54) is 11.6 Å². The molecule has 6 rings (SSSR count). The Hall–Kier alpha value is -1.51. The molecule has 0 aromatic carbocycles. The van der Waals surface area contributed by atoms with E-state index in [4.69, 9.17) is 19.6 Å². The van der Waals surface area contributed by atoms with Gasteiger partial charge in [0.2, 0.25) is 0 Å². The van der Waals surface area contributed by atoms with Gasteiger partial charge in [0, 0.05) is 17.9 Å². The van der Waals surface area contributed by atoms with Gasteiger partial charge in [-0.05, 0) is 93.1 Å². The summed E-state index contributed by atoms with van der Waals surface area (Å²) < 4.78 is 17.5. The summed E-state index contributed by atoms with van der Waals surface area (Å²) in [6, 6.07) is 3.03. The molecule has 4 fully saturated rings. The van der Waals surface area contributed by atoms with Crippen LogP contribution < -0.4 is 11.4 Å². The van der Waals surface area contributed by atoms with E-state index in [-0.39, 0.29) is 46.5 Å². The van der Waals surface area contributed by atoms with Gasteiger partial charge in [-0.2, -0.15) is 0 Å². The highest BCUT2D eigenvalue weighted by Crippen LogP contribution is 2.70. The van der Waals surface area contributed by atoms with E-state index in [2.05, 4.69) is 19.9 Å². The van der Waals surface area contributed by atoms with Crippen molar-refractivity contribution in [3.63, 3.8) is 0 Å². The molecule has 5 aliphatic rings. The van der Waals surface area contributed by atoms with Crippen LogP contribution in [-0.4, -0.2) is 46.5 Å². The van der Waals surface area contributed by atoms with Crippen molar-refractivity contribution in [2.24, 2.45) is 28.4 Å². The van der Waals surface area contributed by atoms with E-state index in [0.717, 1.165) is 56.9 Å². The lowest BCUT2D eigenvalue weighted by molar-refractivity contribution is -0.231. The average Bonchev–Trinajstić information content (AvgIpc) is 3.14. The fourth-order valence-corrected chi connectivity index (χ4v) is 9.21. The van der Waals surface area contributed by atoms with Gasteiger partial charge in [-0.15, -0.1) is 0 Å². The third kappa shape index (κ3) is 3.91. The van der Waals surface area contributed by atoms with E-state index < -0.39 is 18.0 Å². The molecule has 1 aromatic rings. The third-order valence-corrected chi connectivity index (χ3v) is 11.5. The molecule has 0 spiro atoms. The molecule has 1 saturated heterocycles. The Kier molecular flexibility index (Phi) is 6.28. The summed E-state index contributed by atoms with van der Waals surface area (Å²) in [6.45, 7) is 6.58. The van der Waals surface area contributed by atoms with E-state index in [9.17, 15) is 15.0 Å². The molecule has 0 bridgehead atoms. The number of allylic oxidation sites excluding steroid dienone is 1. The first-order valence-electron chi connectivity index (χ1n) is 14.3. The minimum atomic E-state index is -0.709. The second-order valence-electron chi connectivity index (χ2n) is 13.1. The van der Waals surface area contributed by atoms with Gasteiger partial charge in [0.05, 0.1) is 36.2 Å². The molecule has 2 heterocycles. The van der Waals surface area contributed by atoms with Gasteiger partial charge in [0.25, 0.3) is 0 Å². The minimum Gasteiger partial charge on any atom is -0.431 e. The van der Waals surface area contributed by atoms with E-state index >= 15 is 0 Å². The van der Waals surface area contributed by atoms with Crippen molar-refractivity contribution >= 4 is 0 Å². The predicted molar refractivity (Wildman–Crippen MR) is 139 cm³/mol. The van der Waals surface area contributed by atoms with Crippen LogP contribution in [0, 0.1) is 22.7 Å². The van der Waals surface area contributed by atoms with Crippen molar-refractivity contribution < 1.29 is 24.1 Å². The van der Waals surface area contributed by atoms with Crippen molar-refractivity contribution in [1.29, 1.82) is 0 Å². The minimum absolute atomic E-state index is 0.0149. The lowest BCUT2D eigenvalue weighted by Gasteiger charge is -2.62. The Balaban J connectivity index is 1.21. The molecule has 4 aliphatic carbocycles. The van der Waals surface area contributed by atoms with Crippen molar-refractivity contribution in [2.45, 2.75) is 121 Å². The van der Waals surface area contributed by atoms with Crippen LogP contribution in [0.1, 0.15) is 90.0 Å². The first kappa shape index (κ1) is 25.8. The number of hydrogen-bond donors (Lipinski definition) is 3. The highest BCUT2D eigenvalue weighted by Gasteiger charge is 2.66. The van der Waals surface area contributed by atoms with Gasteiger partial charge in [-0.1, -0.05) is 25.5 Å². The highest BCUT2D eigenvalue weighted by molar-refractivity contribution is 5.31. The first-order chi connectivity index (χ1) is 17.5. The maximum Gasteiger partial charge on any atom is 0.335 e. The van der Waals surface area contributed by atoms with Crippen molar-refractivity contribution in [3.8, 4) is 0 Å². The van der Waals surface area contributed by atoms with Crippen LogP contribution in [0.2, 0.25) is 0 Å². The number of aliphatic hydroxyl groups is 2. The second-order valence-corrected chi connectivity index (χ2v) is 13.1. The summed E-state index contributed by atoms with van der Waals surface area (Å²) in [4.78, 5) is 11.5. The number of ether oxygens (including phenoxy) is 2. The van der Waals surface area contributed by atoms with Crippen molar-refractivity contribution in [2.75, 3.05) is 0 Å². The van der Waals surface area contributed by atoms with Crippen LogP contribution in [0.15, 0.2) is 39.3 Å². The maximum atomic E-state index is 12.4. The lowest BCUT2D eigenvalue weighted by Crippen LogP contribution is -2.60. The molecular weight excluding hydrogens is 470 g/mol. The summed E-state index contributed by atoms with van der Waals surface area (Å²) in [5, 5.41) is 22.7. The fourth-order valence-electron chi connectivity index (χ4n) is 9.21. The van der Waals surface area contributed by atoms with Crippen LogP contribution >= 0.6 is 0 Å². The first-order valence-corrected chi connectivity index (χ1v) is 14.3. The van der Waals surface area contributed by atoms with Crippen molar-refractivity contribution in [1.82, 2.24) is 0 Å². The van der Waals surface area contributed by atoms with Crippen LogP contribution in [0.5, 0.6) is 0 Å². The van der Waals surface area contributed by atoms with E-state index in [0.29, 0.717) is 12.3 Å². The van der Waals surface area contributed by atoms with Crippen LogP contribution in [0.3, 0.4) is 0 Å². The molecule has 3 saturated carbocycles. The topological polar surface area (TPSA) is 115 Å². The number of nitrogens with two attached hydrogens (primary N) is 1. The molecule has 1 aliphatic heterocycles. The largest absolute Gasteiger partial charge is 0.431 e. The molecule has 11 atom stereocenters. The fraction of sp³-hybridized carbons (Fsp3) is 0.767. The molecule has 0 radical (unpaired) electrons. The standard InChI is InChI=1S/C30H43NO6/c1-17-27(31)24(32)15-26(36-17)37-20-8-11-28(2)19(14-20)5-6-23-22(28)9-12-29(3)21(10-13-30(23,29)34)18-4-7-25(33)35-16-18/h4,7,14,16-17,20-24,26-27,32,34H,5-6,8-13,15,31H2,1-3H3/t17?,20-,21+,22-,23+,24-,26-,27-,28-,29+,30-/m0/s1. The highest BCUT2D eigenvalue weighted by atomic mass is 16.7. The summed E-state index contributed by atoms with van der Waals surface area (Å²) in [5.41, 5.74) is 7.34. The zero-order valence-electron chi connectivity index (χ0n) is 22.4. The van der Waals surface area contributed by atoms with Gasteiger partial charge in [-0.25, -0.2) is 4.79 Å². The molecule has 0 amide bonds. The molecule has 37 heavy (non-hydrogen) atoms. The van der Waals surface area contributed by atoms with Gasteiger partial charge >= 0.3 is 5.63 Å². The van der Waals surface area contributed by atoms with Crippen LogP contribution in [-0.2, 0) is 9.47 Å². The van der Waals surface area contributed by atoms with Gasteiger partial charge in [-0.3, -0.25) is 0 Å². The average molecular weight is 514 g/mol. The number of aliphatic hydroxyl groups excluding tert-OH is 1. The number of hydrogen-bond acceptors (Lipinski definition) is 7. The molecule has 7 nitrogen and oxygen atoms in total. The molecule has 1 aromatic heterocycles. The zero-order valence-corrected chi connectivity index (χ0v) is 22.4. The number of fused-ring (bicyclic) bond motifs is 5. The molecule has 204 valence electrons. The molecule has 4 N–H and O–H groups in total. The molecule has 7 heteroatoms. The van der Waals surface area contributed by atoms with E-state index in [1.807, 2.05) is 13.0 Å². The van der Waals surface area contributed by atoms with Gasteiger partial charge < -0.3 is 29.8 Å².